The second-order valence-electron chi connectivity index (χ2n) is 3.10. The van der Waals surface area contributed by atoms with Gasteiger partial charge in [-0.15, -0.1) is 0 Å². The number of nitrogens with zero attached hydrogens (tertiary/aromatic N) is 1. The molecule has 0 aromatic carbocycles. The maximum absolute atomic E-state index is 12.2. The molecule has 6 nitrogen and oxygen atoms in total. The van der Waals surface area contributed by atoms with Gasteiger partial charge in [-0.1, -0.05) is 11.3 Å². The van der Waals surface area contributed by atoms with Crippen molar-refractivity contribution < 1.29 is 18.5 Å². The highest BCUT2D eigenvalue weighted by molar-refractivity contribution is 7.53. The van der Waals surface area contributed by atoms with Gasteiger partial charge < -0.3 is 9.05 Å². The molecule has 0 aliphatic carbocycles. The quantitative estimate of drug-likeness (QED) is 0.434. The van der Waals surface area contributed by atoms with Gasteiger partial charge in [0.15, 0.2) is 0 Å². The molecule has 0 aliphatic rings. The molecule has 1 aromatic rings. The Morgan fingerprint density at radius 2 is 1.94 bits per heavy atom. The van der Waals surface area contributed by atoms with Crippen LogP contribution in [-0.4, -0.2) is 18.1 Å². The van der Waals surface area contributed by atoms with E-state index in [0.29, 0.717) is 4.88 Å². The lowest BCUT2D eigenvalue weighted by Crippen LogP contribution is -1.97. The van der Waals surface area contributed by atoms with Crippen LogP contribution in [0.1, 0.15) is 18.7 Å². The van der Waals surface area contributed by atoms with Crippen LogP contribution < -0.4 is 0 Å². The van der Waals surface area contributed by atoms with E-state index in [4.69, 9.17) is 9.05 Å². The molecule has 1 heterocycles. The van der Waals surface area contributed by atoms with Crippen molar-refractivity contribution in [1.29, 1.82) is 0 Å². The van der Waals surface area contributed by atoms with Gasteiger partial charge >= 0.3 is 12.6 Å². The van der Waals surface area contributed by atoms with E-state index in [1.165, 1.54) is 6.07 Å². The smallest absolute Gasteiger partial charge is 0.309 e. The number of hydrogen-bond donors (Lipinski definition) is 0. The maximum Gasteiger partial charge on any atom is 0.335 e. The van der Waals surface area contributed by atoms with Gasteiger partial charge in [0.25, 0.3) is 0 Å². The van der Waals surface area contributed by atoms with Crippen molar-refractivity contribution in [3.05, 3.63) is 27.1 Å². The first-order valence-electron chi connectivity index (χ1n) is 5.12. The largest absolute Gasteiger partial charge is 0.335 e. The Balaban J connectivity index is 2.78. The molecule has 0 N–H and O–H groups in total. The fourth-order valence-electron chi connectivity index (χ4n) is 1.26. The van der Waals surface area contributed by atoms with Gasteiger partial charge in [0.05, 0.1) is 24.3 Å². The van der Waals surface area contributed by atoms with E-state index < -0.39 is 12.5 Å². The third kappa shape index (κ3) is 4.20. The highest BCUT2D eigenvalue weighted by Gasteiger charge is 2.26. The Hall–Kier alpha value is -0.750. The van der Waals surface area contributed by atoms with Crippen molar-refractivity contribution in [2.24, 2.45) is 0 Å². The van der Waals surface area contributed by atoms with Crippen molar-refractivity contribution in [3.63, 3.8) is 0 Å². The molecule has 96 valence electrons. The van der Waals surface area contributed by atoms with Gasteiger partial charge in [0.2, 0.25) is 0 Å². The van der Waals surface area contributed by atoms with Crippen LogP contribution >= 0.6 is 18.9 Å². The SMILES string of the molecule is CCOP(=O)(Cc1ccc([N+](=O)[O-])s1)OCC. The highest BCUT2D eigenvalue weighted by Crippen LogP contribution is 2.52. The first-order valence-corrected chi connectivity index (χ1v) is 7.66. The Morgan fingerprint density at radius 3 is 2.35 bits per heavy atom. The first-order chi connectivity index (χ1) is 8.00. The van der Waals surface area contributed by atoms with Gasteiger partial charge in [0, 0.05) is 10.9 Å². The van der Waals surface area contributed by atoms with Crippen molar-refractivity contribution in [1.82, 2.24) is 0 Å². The first kappa shape index (κ1) is 14.3. The van der Waals surface area contributed by atoms with Crippen LogP contribution in [0.15, 0.2) is 12.1 Å². The summed E-state index contributed by atoms with van der Waals surface area (Å²) in [6.45, 7) is 4.01. The summed E-state index contributed by atoms with van der Waals surface area (Å²) >= 11 is 0.988. The molecule has 0 unspecified atom stereocenters. The van der Waals surface area contributed by atoms with E-state index in [-0.39, 0.29) is 24.4 Å². The molecule has 0 bridgehead atoms. The number of thiophene rings is 1. The minimum Gasteiger partial charge on any atom is -0.309 e. The van der Waals surface area contributed by atoms with Crippen LogP contribution in [-0.2, 0) is 19.8 Å². The Bertz CT molecular complexity index is 423. The van der Waals surface area contributed by atoms with Crippen molar-refractivity contribution in [2.45, 2.75) is 20.0 Å². The molecule has 0 atom stereocenters. The monoisotopic (exact) mass is 279 g/mol. The Kier molecular flexibility index (Phi) is 5.27. The minimum atomic E-state index is -3.17. The van der Waals surface area contributed by atoms with Gasteiger partial charge in [-0.2, -0.15) is 0 Å². The van der Waals surface area contributed by atoms with Gasteiger partial charge in [-0.05, 0) is 19.9 Å². The lowest BCUT2D eigenvalue weighted by Gasteiger charge is -2.15. The molecule has 0 fully saturated rings. The zero-order chi connectivity index (χ0) is 12.9. The summed E-state index contributed by atoms with van der Waals surface area (Å²) in [6.07, 6.45) is 0.0766. The summed E-state index contributed by atoms with van der Waals surface area (Å²) < 4.78 is 22.4. The van der Waals surface area contributed by atoms with Crippen LogP contribution in [0.25, 0.3) is 0 Å². The summed E-state index contributed by atoms with van der Waals surface area (Å²) in [4.78, 5) is 10.7. The maximum atomic E-state index is 12.2. The summed E-state index contributed by atoms with van der Waals surface area (Å²) in [7, 11) is -3.17. The average molecular weight is 279 g/mol. The zero-order valence-electron chi connectivity index (χ0n) is 9.62. The number of rotatable bonds is 7. The molecular formula is C9H14NO5PS. The molecule has 1 rings (SSSR count). The summed E-state index contributed by atoms with van der Waals surface area (Å²) in [5.41, 5.74) is 0. The predicted molar refractivity (Wildman–Crippen MR) is 65.5 cm³/mol. The third-order valence-electron chi connectivity index (χ3n) is 1.83. The second-order valence-corrected chi connectivity index (χ2v) is 6.30. The molecule has 0 saturated carbocycles. The number of nitro groups is 1. The number of hydrogen-bond acceptors (Lipinski definition) is 6. The molecule has 0 spiro atoms. The normalized spacial score (nSPS) is 11.6. The standard InChI is InChI=1S/C9H14NO5PS/c1-3-14-16(13,15-4-2)7-8-5-6-9(17-8)10(11)12/h5-6H,3-4,7H2,1-2H3. The van der Waals surface area contributed by atoms with Crippen molar-refractivity contribution >= 4 is 23.9 Å². The summed E-state index contributed by atoms with van der Waals surface area (Å²) in [5.74, 6) is 0. The van der Waals surface area contributed by atoms with Gasteiger partial charge in [-0.3, -0.25) is 14.7 Å². The molecule has 0 saturated heterocycles. The fraction of sp³-hybridized carbons (Fsp3) is 0.556. The summed E-state index contributed by atoms with van der Waals surface area (Å²) in [6, 6.07) is 2.97. The fourth-order valence-corrected chi connectivity index (χ4v) is 4.14. The van der Waals surface area contributed by atoms with Crippen LogP contribution in [0.4, 0.5) is 5.00 Å². The third-order valence-corrected chi connectivity index (χ3v) is 5.11. The predicted octanol–water partition coefficient (Wildman–Crippen LogP) is 3.42. The Morgan fingerprint density at radius 1 is 1.35 bits per heavy atom. The zero-order valence-corrected chi connectivity index (χ0v) is 11.3. The van der Waals surface area contributed by atoms with Crippen molar-refractivity contribution in [3.8, 4) is 0 Å². The Labute approximate surface area is 103 Å². The van der Waals surface area contributed by atoms with Gasteiger partial charge in [0.1, 0.15) is 0 Å². The lowest BCUT2D eigenvalue weighted by molar-refractivity contribution is -0.380. The molecule has 8 heteroatoms. The van der Waals surface area contributed by atoms with Crippen molar-refractivity contribution in [2.75, 3.05) is 13.2 Å². The topological polar surface area (TPSA) is 78.7 Å². The van der Waals surface area contributed by atoms with E-state index in [1.54, 1.807) is 19.9 Å². The van der Waals surface area contributed by atoms with E-state index in [0.717, 1.165) is 11.3 Å². The molecular weight excluding hydrogens is 265 g/mol. The van der Waals surface area contributed by atoms with E-state index in [2.05, 4.69) is 0 Å². The van der Waals surface area contributed by atoms with E-state index >= 15 is 0 Å². The van der Waals surface area contributed by atoms with E-state index in [9.17, 15) is 14.7 Å². The molecule has 1 aromatic heterocycles. The van der Waals surface area contributed by atoms with E-state index in [1.807, 2.05) is 0 Å². The molecule has 17 heavy (non-hydrogen) atoms. The van der Waals surface area contributed by atoms with Gasteiger partial charge in [-0.25, -0.2) is 0 Å². The second kappa shape index (κ2) is 6.26. The van der Waals surface area contributed by atoms with Crippen LogP contribution in [0, 0.1) is 10.1 Å². The highest BCUT2D eigenvalue weighted by atomic mass is 32.1. The van der Waals surface area contributed by atoms with Crippen LogP contribution in [0.2, 0.25) is 0 Å². The van der Waals surface area contributed by atoms with Crippen LogP contribution in [0.5, 0.6) is 0 Å². The lowest BCUT2D eigenvalue weighted by atomic mass is 10.5. The molecule has 0 radical (unpaired) electrons. The molecule has 0 amide bonds. The summed E-state index contributed by atoms with van der Waals surface area (Å²) in [5, 5.41) is 10.5. The minimum absolute atomic E-state index is 0.0274. The average Bonchev–Trinajstić information content (AvgIpc) is 2.66. The van der Waals surface area contributed by atoms with Crippen LogP contribution in [0.3, 0.4) is 0 Å². The molecule has 0 aliphatic heterocycles.